The summed E-state index contributed by atoms with van der Waals surface area (Å²) in [6.45, 7) is 13.1. The molecule has 7 N–H and O–H groups in total. The number of ether oxygens (including phenoxy) is 2. The summed E-state index contributed by atoms with van der Waals surface area (Å²) >= 11 is 0. The minimum Gasteiger partial charge on any atom is -0.481 e. The van der Waals surface area contributed by atoms with E-state index in [4.69, 9.17) is 9.47 Å². The van der Waals surface area contributed by atoms with Gasteiger partial charge in [0.2, 0.25) is 0 Å². The summed E-state index contributed by atoms with van der Waals surface area (Å²) in [5.74, 6) is -0.445. The lowest BCUT2D eigenvalue weighted by Crippen LogP contribution is -2.67. The molecule has 0 amide bonds. The molecular formula is C36H58O10. The number of hydrogen-bond acceptors (Lipinski definition) is 9. The van der Waals surface area contributed by atoms with Gasteiger partial charge in [-0.15, -0.1) is 0 Å². The Labute approximate surface area is 273 Å². The van der Waals surface area contributed by atoms with Crippen LogP contribution in [-0.4, -0.2) is 97.8 Å². The second-order valence-corrected chi connectivity index (χ2v) is 17.5. The average molecular weight is 651 g/mol. The zero-order valence-electron chi connectivity index (χ0n) is 28.4. The van der Waals surface area contributed by atoms with Crippen LogP contribution in [0.1, 0.15) is 92.9 Å². The smallest absolute Gasteiger partial charge is 0.310 e. The Morgan fingerprint density at radius 2 is 1.63 bits per heavy atom. The summed E-state index contributed by atoms with van der Waals surface area (Å²) < 4.78 is 11.6. The van der Waals surface area contributed by atoms with Gasteiger partial charge in [0.05, 0.1) is 30.8 Å². The minimum atomic E-state index is -1.52. The molecule has 0 aromatic heterocycles. The molecule has 0 bridgehead atoms. The molecule has 0 spiro atoms. The number of fused-ring (bicyclic) bond motifs is 7. The van der Waals surface area contributed by atoms with Gasteiger partial charge in [0.15, 0.2) is 6.29 Å². The average Bonchev–Trinajstić information content (AvgIpc) is 2.99. The van der Waals surface area contributed by atoms with E-state index >= 15 is 0 Å². The number of carboxylic acids is 1. The van der Waals surface area contributed by atoms with Crippen LogP contribution in [0.5, 0.6) is 0 Å². The molecule has 0 unspecified atom stereocenters. The summed E-state index contributed by atoms with van der Waals surface area (Å²) in [7, 11) is 0. The zero-order chi connectivity index (χ0) is 33.8. The van der Waals surface area contributed by atoms with Gasteiger partial charge in [-0.1, -0.05) is 53.2 Å². The third kappa shape index (κ3) is 4.60. The van der Waals surface area contributed by atoms with Crippen molar-refractivity contribution in [3.8, 4) is 0 Å². The Bertz CT molecular complexity index is 1220. The molecule has 10 nitrogen and oxygen atoms in total. The lowest BCUT2D eigenvalue weighted by atomic mass is 9.33. The first-order valence-corrected chi connectivity index (χ1v) is 17.6. The molecule has 4 saturated carbocycles. The first-order chi connectivity index (χ1) is 21.4. The van der Waals surface area contributed by atoms with E-state index in [1.165, 1.54) is 5.57 Å². The molecule has 16 atom stereocenters. The standard InChI is InChI=1S/C36H58O10/c1-18-19(17-45-30-28(41)27(40)26(39)22(16-37)46-30)9-12-36(31(43)44)14-13-34(5)20(25(18)36)7-8-24-33(4)15-21(38)29(42)32(2,3)23(33)10-11-35(24,34)6/h7,18-19,21-30,37-42H,8-17H2,1-6H3,(H,43,44)/t18-,19-,21+,22+,23-,24+,25-,26+,27-,28+,29-,30+,33-,34+,35+,36-/m0/s1. The third-order valence-corrected chi connectivity index (χ3v) is 15.4. The number of allylic oxidation sites excluding steroid dienone is 2. The van der Waals surface area contributed by atoms with Crippen molar-refractivity contribution in [3.05, 3.63) is 11.6 Å². The van der Waals surface area contributed by atoms with Crippen LogP contribution in [0.25, 0.3) is 0 Å². The maximum Gasteiger partial charge on any atom is 0.310 e. The Balaban J connectivity index is 1.31. The number of hydrogen-bond donors (Lipinski definition) is 7. The Morgan fingerprint density at radius 3 is 2.28 bits per heavy atom. The summed E-state index contributed by atoms with van der Waals surface area (Å²) in [6.07, 6.45) is -0.00460. The predicted molar refractivity (Wildman–Crippen MR) is 168 cm³/mol. The lowest BCUT2D eigenvalue weighted by Gasteiger charge is -2.71. The van der Waals surface area contributed by atoms with E-state index in [0.717, 1.165) is 25.7 Å². The fourth-order valence-electron chi connectivity index (χ4n) is 12.6. The quantitative estimate of drug-likeness (QED) is 0.219. The number of aliphatic hydroxyl groups is 6. The molecule has 46 heavy (non-hydrogen) atoms. The van der Waals surface area contributed by atoms with Crippen molar-refractivity contribution >= 4 is 5.97 Å². The molecule has 262 valence electrons. The molecular weight excluding hydrogens is 592 g/mol. The van der Waals surface area contributed by atoms with Crippen LogP contribution < -0.4 is 0 Å². The minimum absolute atomic E-state index is 0.0253. The van der Waals surface area contributed by atoms with Crippen LogP contribution in [0.15, 0.2) is 11.6 Å². The van der Waals surface area contributed by atoms with E-state index < -0.39 is 66.3 Å². The van der Waals surface area contributed by atoms with Gasteiger partial charge in [-0.3, -0.25) is 4.79 Å². The fraction of sp³-hybridized carbons (Fsp3) is 0.917. The highest BCUT2D eigenvalue weighted by Crippen LogP contribution is 2.75. The second-order valence-electron chi connectivity index (χ2n) is 17.5. The van der Waals surface area contributed by atoms with Crippen molar-refractivity contribution in [1.29, 1.82) is 0 Å². The molecule has 5 aliphatic carbocycles. The largest absolute Gasteiger partial charge is 0.481 e. The van der Waals surface area contributed by atoms with Crippen LogP contribution in [-0.2, 0) is 14.3 Å². The maximum absolute atomic E-state index is 13.2. The van der Waals surface area contributed by atoms with Crippen LogP contribution in [0.2, 0.25) is 0 Å². The summed E-state index contributed by atoms with van der Waals surface area (Å²) in [6, 6.07) is 0. The molecule has 0 aromatic carbocycles. The highest BCUT2D eigenvalue weighted by Gasteiger charge is 2.70. The normalized spacial score (nSPS) is 54.8. The van der Waals surface area contributed by atoms with Crippen molar-refractivity contribution in [3.63, 3.8) is 0 Å². The number of rotatable bonds is 5. The second kappa shape index (κ2) is 11.5. The van der Waals surface area contributed by atoms with Crippen molar-refractivity contribution in [2.24, 2.45) is 56.7 Å². The zero-order valence-corrected chi connectivity index (χ0v) is 28.4. The van der Waals surface area contributed by atoms with Crippen LogP contribution in [0.4, 0.5) is 0 Å². The van der Waals surface area contributed by atoms with Gasteiger partial charge >= 0.3 is 5.97 Å². The molecule has 1 saturated heterocycles. The van der Waals surface area contributed by atoms with E-state index in [0.29, 0.717) is 25.7 Å². The molecule has 0 aromatic rings. The van der Waals surface area contributed by atoms with Crippen LogP contribution in [0.3, 0.4) is 0 Å². The van der Waals surface area contributed by atoms with Gasteiger partial charge in [-0.05, 0) is 103 Å². The van der Waals surface area contributed by atoms with Crippen molar-refractivity contribution < 1.29 is 50.0 Å². The van der Waals surface area contributed by atoms with E-state index in [1.807, 2.05) is 0 Å². The maximum atomic E-state index is 13.2. The first kappa shape index (κ1) is 34.7. The number of carbonyl (C=O) groups is 1. The van der Waals surface area contributed by atoms with Gasteiger partial charge in [0, 0.05) is 0 Å². The van der Waals surface area contributed by atoms with Gasteiger partial charge in [-0.2, -0.15) is 0 Å². The van der Waals surface area contributed by atoms with Crippen molar-refractivity contribution in [2.75, 3.05) is 13.2 Å². The summed E-state index contributed by atoms with van der Waals surface area (Å²) in [5.41, 5.74) is -0.529. The molecule has 1 heterocycles. The molecule has 6 rings (SSSR count). The van der Waals surface area contributed by atoms with Gasteiger partial charge < -0.3 is 45.2 Å². The van der Waals surface area contributed by atoms with Crippen molar-refractivity contribution in [1.82, 2.24) is 0 Å². The van der Waals surface area contributed by atoms with E-state index in [1.54, 1.807) is 0 Å². The highest BCUT2D eigenvalue weighted by atomic mass is 16.7. The van der Waals surface area contributed by atoms with E-state index in [2.05, 4.69) is 47.6 Å². The van der Waals surface area contributed by atoms with Crippen LogP contribution >= 0.6 is 0 Å². The van der Waals surface area contributed by atoms with Crippen molar-refractivity contribution in [2.45, 2.75) is 136 Å². The SMILES string of the molecule is C[C@H]1[C@H](CO[C@@H]2O[C@H](CO)[C@@H](O)[C@H](O)[C@H]2O)CC[C@]2(C(=O)O)CC[C@]3(C)C(=CC[C@@H]4[C@@]5(C)C[C@@H](O)[C@H](O)C(C)(C)[C@@H]5CC[C@]43C)[C@H]12. The van der Waals surface area contributed by atoms with Crippen LogP contribution in [0, 0.1) is 56.7 Å². The number of carboxylic acid groups (broad SMARTS) is 1. The molecule has 10 heteroatoms. The van der Waals surface area contributed by atoms with E-state index in [9.17, 15) is 40.5 Å². The Hall–Kier alpha value is -1.11. The number of aliphatic carboxylic acids is 1. The summed E-state index contributed by atoms with van der Waals surface area (Å²) in [4.78, 5) is 13.2. The number of aliphatic hydroxyl groups excluding tert-OH is 6. The first-order valence-electron chi connectivity index (χ1n) is 17.6. The Kier molecular flexibility index (Phi) is 8.66. The molecule has 1 aliphatic heterocycles. The van der Waals surface area contributed by atoms with Gasteiger partial charge in [-0.25, -0.2) is 0 Å². The van der Waals surface area contributed by atoms with E-state index in [-0.39, 0.29) is 52.4 Å². The van der Waals surface area contributed by atoms with Gasteiger partial charge in [0.25, 0.3) is 0 Å². The third-order valence-electron chi connectivity index (χ3n) is 15.4. The molecule has 0 radical (unpaired) electrons. The predicted octanol–water partition coefficient (Wildman–Crippen LogP) is 2.86. The monoisotopic (exact) mass is 650 g/mol. The lowest BCUT2D eigenvalue weighted by molar-refractivity contribution is -0.305. The fourth-order valence-corrected chi connectivity index (χ4v) is 12.6. The molecule has 6 aliphatic rings. The Morgan fingerprint density at radius 1 is 0.935 bits per heavy atom. The topological polar surface area (TPSA) is 177 Å². The molecule has 5 fully saturated rings. The summed E-state index contributed by atoms with van der Waals surface area (Å²) in [5, 5.41) is 73.6. The van der Waals surface area contributed by atoms with Gasteiger partial charge in [0.1, 0.15) is 24.4 Å². The highest BCUT2D eigenvalue weighted by molar-refractivity contribution is 5.76.